The second-order valence-electron chi connectivity index (χ2n) is 22.1. The highest BCUT2D eigenvalue weighted by atomic mass is 16.5. The Balaban J connectivity index is 0.987. The van der Waals surface area contributed by atoms with Crippen molar-refractivity contribution in [1.29, 1.82) is 0 Å². The van der Waals surface area contributed by atoms with Gasteiger partial charge in [0.25, 0.3) is 0 Å². The zero-order chi connectivity index (χ0) is 46.6. The van der Waals surface area contributed by atoms with Gasteiger partial charge in [-0.25, -0.2) is 9.59 Å². The number of hydrogen-bond acceptors (Lipinski definition) is 4. The first-order valence-corrected chi connectivity index (χ1v) is 27.5. The second kappa shape index (κ2) is 26.9. The smallest absolute Gasteiger partial charge is 0.319 e. The van der Waals surface area contributed by atoms with E-state index < -0.39 is 0 Å². The lowest BCUT2D eigenvalue weighted by Gasteiger charge is -2.65. The third kappa shape index (κ3) is 14.5. The van der Waals surface area contributed by atoms with Gasteiger partial charge in [0.15, 0.2) is 0 Å². The molecule has 368 valence electrons. The molecule has 6 rings (SSSR count). The molecule has 2 aromatic rings. The summed E-state index contributed by atoms with van der Waals surface area (Å²) in [7, 11) is 0. The Kier molecular flexibility index (Phi) is 21.1. The van der Waals surface area contributed by atoms with Crippen LogP contribution in [0.2, 0.25) is 0 Å². The van der Waals surface area contributed by atoms with Crippen LogP contribution in [-0.4, -0.2) is 36.7 Å². The number of amides is 4. The van der Waals surface area contributed by atoms with Crippen LogP contribution in [0.5, 0.6) is 0 Å². The van der Waals surface area contributed by atoms with E-state index in [1.807, 2.05) is 60.7 Å². The van der Waals surface area contributed by atoms with Gasteiger partial charge in [-0.15, -0.1) is 0 Å². The zero-order valence-electron chi connectivity index (χ0n) is 42.0. The van der Waals surface area contributed by atoms with Gasteiger partial charge in [-0.05, 0) is 122 Å². The Bertz CT molecular complexity index is 1720. The van der Waals surface area contributed by atoms with Gasteiger partial charge in [0.05, 0.1) is 6.61 Å². The quantitative estimate of drug-likeness (QED) is 0.0529. The molecule has 4 amide bonds. The standard InChI is InChI=1S/C58H92N4O4/c1-5-6-7-8-9-10-11-12-13-14-15-16-17-18-19-20-21-30-41-66-53(63)39-36-44(2)48-37-38-49-54-50(43-52(58(48,49)4)62-56(65)60-47-34-26-23-27-35-47)57(3)40-29-28-31-45(57)42-51(54)61-55(64)59-46-32-24-22-25-33-46/h22-27,32-35,44-45,48-52,54H,5-21,28-31,36-43H2,1-4H3,(H2,59,61,64)(H2,60,62,65)/t44-,45+,48-,49+,50+,51-,52+,54+,57+,58-/m1/s1. The first-order valence-electron chi connectivity index (χ1n) is 27.5. The fourth-order valence-corrected chi connectivity index (χ4v) is 14.1. The summed E-state index contributed by atoms with van der Waals surface area (Å²) in [6, 6.07) is 19.3. The molecular formula is C58H92N4O4. The van der Waals surface area contributed by atoms with Crippen molar-refractivity contribution >= 4 is 29.4 Å². The van der Waals surface area contributed by atoms with Crippen molar-refractivity contribution in [2.45, 2.75) is 220 Å². The van der Waals surface area contributed by atoms with Crippen LogP contribution < -0.4 is 21.3 Å². The molecule has 66 heavy (non-hydrogen) atoms. The molecule has 4 N–H and O–H groups in total. The molecule has 4 saturated carbocycles. The van der Waals surface area contributed by atoms with E-state index in [2.05, 4.69) is 49.0 Å². The molecule has 8 heteroatoms. The normalized spacial score (nSPS) is 28.3. The van der Waals surface area contributed by atoms with Crippen LogP contribution in [0.1, 0.15) is 207 Å². The molecule has 4 aliphatic rings. The fourth-order valence-electron chi connectivity index (χ4n) is 14.1. The number of fused-ring (bicyclic) bond motifs is 5. The van der Waals surface area contributed by atoms with Crippen molar-refractivity contribution in [3.63, 3.8) is 0 Å². The van der Waals surface area contributed by atoms with E-state index in [0.717, 1.165) is 56.3 Å². The molecule has 0 spiro atoms. The number of anilines is 2. The summed E-state index contributed by atoms with van der Waals surface area (Å²) in [6.45, 7) is 10.1. The largest absolute Gasteiger partial charge is 0.466 e. The molecule has 0 saturated heterocycles. The number of ether oxygens (including phenoxy) is 1. The number of nitrogens with one attached hydrogen (secondary N) is 4. The number of para-hydroxylation sites is 2. The highest BCUT2D eigenvalue weighted by molar-refractivity contribution is 5.90. The summed E-state index contributed by atoms with van der Waals surface area (Å²) in [6.07, 6.45) is 34.3. The summed E-state index contributed by atoms with van der Waals surface area (Å²) in [5.74, 6) is 2.07. The number of esters is 1. The van der Waals surface area contributed by atoms with Crippen molar-refractivity contribution in [2.24, 2.45) is 46.3 Å². The summed E-state index contributed by atoms with van der Waals surface area (Å²) in [4.78, 5) is 40.9. The molecule has 0 radical (unpaired) electrons. The van der Waals surface area contributed by atoms with Crippen molar-refractivity contribution in [3.05, 3.63) is 60.7 Å². The molecule has 0 aromatic heterocycles. The molecule has 0 bridgehead atoms. The lowest BCUT2D eigenvalue weighted by molar-refractivity contribution is -0.145. The van der Waals surface area contributed by atoms with E-state index in [1.165, 1.54) is 128 Å². The van der Waals surface area contributed by atoms with Gasteiger partial charge in [-0.3, -0.25) is 4.79 Å². The topological polar surface area (TPSA) is 109 Å². The number of urea groups is 2. The summed E-state index contributed by atoms with van der Waals surface area (Å²) in [5, 5.41) is 13.4. The number of rotatable bonds is 27. The second-order valence-corrected chi connectivity index (χ2v) is 22.1. The number of carbonyl (C=O) groups excluding carboxylic acids is 3. The van der Waals surface area contributed by atoms with Gasteiger partial charge in [-0.1, -0.05) is 186 Å². The van der Waals surface area contributed by atoms with Crippen LogP contribution in [0.25, 0.3) is 0 Å². The van der Waals surface area contributed by atoms with Crippen molar-refractivity contribution < 1.29 is 19.1 Å². The van der Waals surface area contributed by atoms with Crippen molar-refractivity contribution in [3.8, 4) is 0 Å². The molecular weight excluding hydrogens is 817 g/mol. The number of benzene rings is 2. The zero-order valence-corrected chi connectivity index (χ0v) is 42.0. The molecule has 8 nitrogen and oxygen atoms in total. The highest BCUT2D eigenvalue weighted by Crippen LogP contribution is 2.68. The maximum absolute atomic E-state index is 14.0. The molecule has 2 aromatic carbocycles. The maximum Gasteiger partial charge on any atom is 0.319 e. The Hall–Kier alpha value is -3.55. The van der Waals surface area contributed by atoms with E-state index in [1.54, 1.807) is 0 Å². The van der Waals surface area contributed by atoms with Gasteiger partial charge in [0, 0.05) is 29.9 Å². The summed E-state index contributed by atoms with van der Waals surface area (Å²) >= 11 is 0. The van der Waals surface area contributed by atoms with Gasteiger partial charge in [0.2, 0.25) is 0 Å². The summed E-state index contributed by atoms with van der Waals surface area (Å²) < 4.78 is 5.82. The molecule has 0 unspecified atom stereocenters. The minimum atomic E-state index is -0.209. The lowest BCUT2D eigenvalue weighted by Crippen LogP contribution is -2.67. The van der Waals surface area contributed by atoms with Crippen LogP contribution >= 0.6 is 0 Å². The SMILES string of the molecule is CCCCCCCCCCCCCCCCCCCCOC(=O)CC[C@@H](C)[C@H]1CC[C@H]2[C@@H]3[C@H](NC(=O)Nc4ccccc4)C[C@@H]4CCCC[C@]4(C)[C@H]3C[C@H](NC(=O)Nc3ccccc3)[C@]12C. The van der Waals surface area contributed by atoms with E-state index in [4.69, 9.17) is 4.74 Å². The molecule has 0 heterocycles. The van der Waals surface area contributed by atoms with Crippen LogP contribution in [-0.2, 0) is 9.53 Å². The lowest BCUT2D eigenvalue weighted by atomic mass is 9.42. The Morgan fingerprint density at radius 2 is 1.17 bits per heavy atom. The van der Waals surface area contributed by atoms with Crippen LogP contribution in [0.3, 0.4) is 0 Å². The first kappa shape index (κ1) is 51.8. The van der Waals surface area contributed by atoms with Crippen molar-refractivity contribution in [1.82, 2.24) is 10.6 Å². The Labute approximate surface area is 401 Å². The van der Waals surface area contributed by atoms with Gasteiger partial charge in [-0.2, -0.15) is 0 Å². The predicted molar refractivity (Wildman–Crippen MR) is 274 cm³/mol. The number of unbranched alkanes of at least 4 members (excludes halogenated alkanes) is 17. The van der Waals surface area contributed by atoms with Gasteiger partial charge < -0.3 is 26.0 Å². The molecule has 0 aliphatic heterocycles. The maximum atomic E-state index is 14.0. The minimum Gasteiger partial charge on any atom is -0.466 e. The first-order chi connectivity index (χ1) is 32.1. The van der Waals surface area contributed by atoms with Crippen LogP contribution in [0.15, 0.2) is 60.7 Å². The van der Waals surface area contributed by atoms with E-state index >= 15 is 0 Å². The third-order valence-electron chi connectivity index (χ3n) is 17.8. The van der Waals surface area contributed by atoms with Crippen LogP contribution in [0.4, 0.5) is 21.0 Å². The number of hydrogen-bond donors (Lipinski definition) is 4. The Morgan fingerprint density at radius 1 is 0.636 bits per heavy atom. The minimum absolute atomic E-state index is 0.0322. The summed E-state index contributed by atoms with van der Waals surface area (Å²) in [5.41, 5.74) is 1.54. The molecule has 4 fully saturated rings. The third-order valence-corrected chi connectivity index (χ3v) is 17.8. The van der Waals surface area contributed by atoms with E-state index in [9.17, 15) is 14.4 Å². The van der Waals surface area contributed by atoms with E-state index in [0.29, 0.717) is 42.6 Å². The van der Waals surface area contributed by atoms with Crippen LogP contribution in [0, 0.1) is 46.3 Å². The predicted octanol–water partition coefficient (Wildman–Crippen LogP) is 15.6. The number of carbonyl (C=O) groups is 3. The fraction of sp³-hybridized carbons (Fsp3) is 0.741. The Morgan fingerprint density at radius 3 is 1.73 bits per heavy atom. The average molecular weight is 909 g/mol. The van der Waals surface area contributed by atoms with Gasteiger partial charge >= 0.3 is 18.0 Å². The molecule has 10 atom stereocenters. The van der Waals surface area contributed by atoms with E-state index in [-0.39, 0.29) is 46.9 Å². The highest BCUT2D eigenvalue weighted by Gasteiger charge is 2.66. The molecule has 4 aliphatic carbocycles. The average Bonchev–Trinajstić information content (AvgIpc) is 3.68. The van der Waals surface area contributed by atoms with Crippen molar-refractivity contribution in [2.75, 3.05) is 17.2 Å². The van der Waals surface area contributed by atoms with Gasteiger partial charge in [0.1, 0.15) is 0 Å². The monoisotopic (exact) mass is 909 g/mol.